The molecule has 1 aromatic heterocycles. The van der Waals surface area contributed by atoms with Gasteiger partial charge in [0.2, 0.25) is 0 Å². The van der Waals surface area contributed by atoms with Crippen molar-refractivity contribution in [3.8, 4) is 0 Å². The Balaban J connectivity index is 1.30. The maximum absolute atomic E-state index is 12.8. The van der Waals surface area contributed by atoms with Crippen molar-refractivity contribution in [1.82, 2.24) is 14.8 Å². The van der Waals surface area contributed by atoms with Gasteiger partial charge in [0, 0.05) is 57.7 Å². The third kappa shape index (κ3) is 5.24. The molecule has 29 heavy (non-hydrogen) atoms. The highest BCUT2D eigenvalue weighted by atomic mass is 16.2. The molecule has 152 valence electrons. The van der Waals surface area contributed by atoms with Crippen LogP contribution in [0, 0.1) is 0 Å². The number of nitrogens with zero attached hydrogens (tertiary/aromatic N) is 4. The molecule has 4 rings (SSSR count). The fourth-order valence-electron chi connectivity index (χ4n) is 4.08. The summed E-state index contributed by atoms with van der Waals surface area (Å²) in [4.78, 5) is 23.9. The first-order chi connectivity index (χ1) is 14.3. The number of carbonyl (C=O) groups is 1. The van der Waals surface area contributed by atoms with Gasteiger partial charge < -0.3 is 9.80 Å². The number of pyridine rings is 1. The second-order valence-corrected chi connectivity index (χ2v) is 7.85. The topological polar surface area (TPSA) is 39.7 Å². The zero-order valence-electron chi connectivity index (χ0n) is 17.0. The molecule has 3 heterocycles. The lowest BCUT2D eigenvalue weighted by atomic mass is 10.1. The minimum atomic E-state index is 0.0798. The molecule has 0 aliphatic carbocycles. The summed E-state index contributed by atoms with van der Waals surface area (Å²) < 4.78 is 0. The van der Waals surface area contributed by atoms with Gasteiger partial charge in [0.05, 0.1) is 0 Å². The van der Waals surface area contributed by atoms with Crippen molar-refractivity contribution in [3.05, 3.63) is 66.0 Å². The van der Waals surface area contributed by atoms with Crippen LogP contribution in [-0.2, 0) is 0 Å². The van der Waals surface area contributed by atoms with Gasteiger partial charge in [-0.1, -0.05) is 42.5 Å². The molecule has 5 nitrogen and oxygen atoms in total. The molecule has 2 fully saturated rings. The largest absolute Gasteiger partial charge is 0.369 e. The van der Waals surface area contributed by atoms with Crippen molar-refractivity contribution in [2.75, 3.05) is 50.7 Å². The minimum absolute atomic E-state index is 0.0798. The molecule has 0 N–H and O–H groups in total. The smallest absolute Gasteiger partial charge is 0.272 e. The molecule has 0 atom stereocenters. The Bertz CT molecular complexity index is 822. The molecule has 0 radical (unpaired) electrons. The average molecular weight is 391 g/mol. The number of amides is 1. The fourth-order valence-corrected chi connectivity index (χ4v) is 4.08. The van der Waals surface area contributed by atoms with Crippen LogP contribution in [0.15, 0.2) is 54.7 Å². The predicted octanol–water partition coefficient (Wildman–Crippen LogP) is 3.54. The van der Waals surface area contributed by atoms with Gasteiger partial charge in [0.1, 0.15) is 5.69 Å². The van der Waals surface area contributed by atoms with Gasteiger partial charge in [-0.25, -0.2) is 0 Å². The fraction of sp³-hybridized carbons (Fsp3) is 0.417. The number of rotatable bonds is 5. The molecular weight excluding hydrogens is 360 g/mol. The number of aromatic nitrogens is 1. The molecule has 2 saturated heterocycles. The standard InChI is InChI=1S/C24H30N4O/c29-24(28-14-5-2-6-15-28)23-20-22(11-12-25-23)27-18-16-26(17-19-27)13-7-10-21-8-3-1-4-9-21/h1,3-4,7-12,20H,2,5-6,13-19H2/b10-7+. The van der Waals surface area contributed by atoms with Gasteiger partial charge in [0.25, 0.3) is 5.91 Å². The number of hydrogen-bond donors (Lipinski definition) is 0. The summed E-state index contributed by atoms with van der Waals surface area (Å²) in [6, 6.07) is 14.4. The van der Waals surface area contributed by atoms with Crippen molar-refractivity contribution in [2.45, 2.75) is 19.3 Å². The van der Waals surface area contributed by atoms with Crippen molar-refractivity contribution < 1.29 is 4.79 Å². The van der Waals surface area contributed by atoms with Crippen LogP contribution in [0.4, 0.5) is 5.69 Å². The van der Waals surface area contributed by atoms with E-state index in [-0.39, 0.29) is 5.91 Å². The normalized spacial score (nSPS) is 18.3. The molecular formula is C24H30N4O. The number of benzene rings is 1. The van der Waals surface area contributed by atoms with Crippen molar-refractivity contribution in [1.29, 1.82) is 0 Å². The maximum Gasteiger partial charge on any atom is 0.272 e. The van der Waals surface area contributed by atoms with Crippen LogP contribution in [0.25, 0.3) is 6.08 Å². The van der Waals surface area contributed by atoms with E-state index >= 15 is 0 Å². The van der Waals surface area contributed by atoms with E-state index in [1.165, 1.54) is 12.0 Å². The van der Waals surface area contributed by atoms with Crippen molar-refractivity contribution >= 4 is 17.7 Å². The second-order valence-electron chi connectivity index (χ2n) is 7.85. The summed E-state index contributed by atoms with van der Waals surface area (Å²) in [7, 11) is 0. The maximum atomic E-state index is 12.8. The minimum Gasteiger partial charge on any atom is -0.369 e. The predicted molar refractivity (Wildman–Crippen MR) is 118 cm³/mol. The second kappa shape index (κ2) is 9.70. The molecule has 0 unspecified atom stereocenters. The number of piperazine rings is 1. The first-order valence-electron chi connectivity index (χ1n) is 10.7. The van der Waals surface area contributed by atoms with E-state index in [0.29, 0.717) is 5.69 Å². The van der Waals surface area contributed by atoms with E-state index in [1.807, 2.05) is 23.1 Å². The van der Waals surface area contributed by atoms with Gasteiger partial charge in [-0.15, -0.1) is 0 Å². The molecule has 1 amide bonds. The van der Waals surface area contributed by atoms with Crippen LogP contribution in [0.3, 0.4) is 0 Å². The first-order valence-corrected chi connectivity index (χ1v) is 10.7. The molecule has 0 saturated carbocycles. The molecule has 0 bridgehead atoms. The molecule has 2 aliphatic rings. The summed E-state index contributed by atoms with van der Waals surface area (Å²) in [6.45, 7) is 6.69. The van der Waals surface area contributed by atoms with Crippen LogP contribution in [0.1, 0.15) is 35.3 Å². The van der Waals surface area contributed by atoms with Crippen LogP contribution >= 0.6 is 0 Å². The highest BCUT2D eigenvalue weighted by molar-refractivity contribution is 5.93. The van der Waals surface area contributed by atoms with Gasteiger partial charge in [0.15, 0.2) is 0 Å². The Morgan fingerprint density at radius 2 is 1.69 bits per heavy atom. The lowest BCUT2D eigenvalue weighted by Crippen LogP contribution is -2.46. The Morgan fingerprint density at radius 3 is 2.45 bits per heavy atom. The highest BCUT2D eigenvalue weighted by Crippen LogP contribution is 2.19. The van der Waals surface area contributed by atoms with E-state index in [0.717, 1.165) is 64.3 Å². The number of likely N-dealkylation sites (tertiary alicyclic amines) is 1. The van der Waals surface area contributed by atoms with E-state index in [4.69, 9.17) is 0 Å². The third-order valence-corrected chi connectivity index (χ3v) is 5.82. The zero-order chi connectivity index (χ0) is 19.9. The Kier molecular flexibility index (Phi) is 6.57. The average Bonchev–Trinajstić information content (AvgIpc) is 2.80. The molecule has 2 aliphatic heterocycles. The third-order valence-electron chi connectivity index (χ3n) is 5.82. The van der Waals surface area contributed by atoms with Gasteiger partial charge in [-0.2, -0.15) is 0 Å². The van der Waals surface area contributed by atoms with Crippen molar-refractivity contribution in [3.63, 3.8) is 0 Å². The van der Waals surface area contributed by atoms with Gasteiger partial charge >= 0.3 is 0 Å². The molecule has 5 heteroatoms. The Labute approximate surface area is 173 Å². The molecule has 0 spiro atoms. The number of hydrogen-bond acceptors (Lipinski definition) is 4. The van der Waals surface area contributed by atoms with Crippen molar-refractivity contribution in [2.24, 2.45) is 0 Å². The number of carbonyl (C=O) groups excluding carboxylic acids is 1. The van der Waals surface area contributed by atoms with Gasteiger partial charge in [-0.3, -0.25) is 14.7 Å². The lowest BCUT2D eigenvalue weighted by Gasteiger charge is -2.35. The van der Waals surface area contributed by atoms with E-state index in [1.54, 1.807) is 6.20 Å². The van der Waals surface area contributed by atoms with E-state index < -0.39 is 0 Å². The highest BCUT2D eigenvalue weighted by Gasteiger charge is 2.21. The SMILES string of the molecule is O=C(c1cc(N2CCN(C/C=C/c3ccccc3)CC2)ccn1)N1CCCCC1. The first kappa shape index (κ1) is 19.6. The number of piperidine rings is 1. The summed E-state index contributed by atoms with van der Waals surface area (Å²) in [6.07, 6.45) is 9.64. The zero-order valence-corrected chi connectivity index (χ0v) is 17.0. The Hall–Kier alpha value is -2.66. The van der Waals surface area contributed by atoms with Crippen LogP contribution in [-0.4, -0.2) is 66.5 Å². The van der Waals surface area contributed by atoms with Gasteiger partial charge in [-0.05, 0) is 37.0 Å². The molecule has 1 aromatic carbocycles. The van der Waals surface area contributed by atoms with Crippen LogP contribution in [0.5, 0.6) is 0 Å². The number of anilines is 1. The summed E-state index contributed by atoms with van der Waals surface area (Å²) in [5.74, 6) is 0.0798. The van der Waals surface area contributed by atoms with E-state index in [2.05, 4.69) is 51.2 Å². The summed E-state index contributed by atoms with van der Waals surface area (Å²) >= 11 is 0. The summed E-state index contributed by atoms with van der Waals surface area (Å²) in [5, 5.41) is 0. The lowest BCUT2D eigenvalue weighted by molar-refractivity contribution is 0.0718. The quantitative estimate of drug-likeness (QED) is 0.783. The molecule has 2 aromatic rings. The monoisotopic (exact) mass is 390 g/mol. The van der Waals surface area contributed by atoms with Crippen LogP contribution < -0.4 is 4.90 Å². The van der Waals surface area contributed by atoms with Crippen LogP contribution in [0.2, 0.25) is 0 Å². The Morgan fingerprint density at radius 1 is 0.931 bits per heavy atom. The summed E-state index contributed by atoms with van der Waals surface area (Å²) in [5.41, 5.74) is 2.94. The van der Waals surface area contributed by atoms with E-state index in [9.17, 15) is 4.79 Å².